The van der Waals surface area contributed by atoms with E-state index in [9.17, 15) is 9.59 Å². The van der Waals surface area contributed by atoms with Gasteiger partial charge in [-0.2, -0.15) is 0 Å². The van der Waals surface area contributed by atoms with E-state index >= 15 is 0 Å². The number of Topliss-reactive ketones (excluding diaryl/α,β-unsaturated/α-hetero) is 1. The Morgan fingerprint density at radius 2 is 1.95 bits per heavy atom. The van der Waals surface area contributed by atoms with E-state index in [1.807, 2.05) is 13.0 Å². The Morgan fingerprint density at radius 3 is 2.57 bits per heavy atom. The van der Waals surface area contributed by atoms with E-state index in [1.54, 1.807) is 13.0 Å². The van der Waals surface area contributed by atoms with E-state index in [-0.39, 0.29) is 19.0 Å². The van der Waals surface area contributed by atoms with Crippen LogP contribution in [0.3, 0.4) is 0 Å². The summed E-state index contributed by atoms with van der Waals surface area (Å²) >= 11 is 0. The molecule has 0 saturated carbocycles. The Labute approximate surface area is 122 Å². The van der Waals surface area contributed by atoms with Crippen LogP contribution in [0.5, 0.6) is 5.75 Å². The average Bonchev–Trinajstić information content (AvgIpc) is 2.43. The molecule has 112 valence electrons. The molecule has 0 aliphatic rings. The van der Waals surface area contributed by atoms with Crippen molar-refractivity contribution in [2.75, 3.05) is 13.7 Å². The van der Waals surface area contributed by atoms with Gasteiger partial charge in [0.05, 0.1) is 12.2 Å². The third kappa shape index (κ3) is 2.97. The monoisotopic (exact) mass is 290 g/mol. The molecular weight excluding hydrogens is 272 g/mol. The Morgan fingerprint density at radius 1 is 1.24 bits per heavy atom. The molecule has 2 rings (SSSR count). The van der Waals surface area contributed by atoms with Gasteiger partial charge in [0.2, 0.25) is 0 Å². The predicted octanol–water partition coefficient (Wildman–Crippen LogP) is 2.52. The molecule has 0 aliphatic heterocycles. The SMILES string of the molecule is COCc1c(C)c2ccc(OCC(C)=O)c(C)c2oc1=O. The van der Waals surface area contributed by atoms with Gasteiger partial charge in [-0.15, -0.1) is 0 Å². The van der Waals surface area contributed by atoms with Gasteiger partial charge in [-0.3, -0.25) is 4.79 Å². The van der Waals surface area contributed by atoms with Crippen molar-refractivity contribution in [2.45, 2.75) is 27.4 Å². The number of aryl methyl sites for hydroxylation is 2. The van der Waals surface area contributed by atoms with Gasteiger partial charge in [-0.1, -0.05) is 0 Å². The third-order valence-corrected chi connectivity index (χ3v) is 3.37. The number of ether oxygens (including phenoxy) is 2. The van der Waals surface area contributed by atoms with Gasteiger partial charge in [0, 0.05) is 18.1 Å². The number of ketones is 1. The zero-order valence-corrected chi connectivity index (χ0v) is 12.6. The van der Waals surface area contributed by atoms with Gasteiger partial charge >= 0.3 is 5.63 Å². The summed E-state index contributed by atoms with van der Waals surface area (Å²) in [6, 6.07) is 3.61. The minimum Gasteiger partial charge on any atom is -0.485 e. The molecule has 0 aliphatic carbocycles. The maximum Gasteiger partial charge on any atom is 0.342 e. The summed E-state index contributed by atoms with van der Waals surface area (Å²) in [5, 5.41) is 0.842. The summed E-state index contributed by atoms with van der Waals surface area (Å²) in [5.74, 6) is 0.474. The number of methoxy groups -OCH3 is 1. The molecule has 1 aromatic heterocycles. The summed E-state index contributed by atoms with van der Waals surface area (Å²) in [5.41, 5.74) is 2.14. The van der Waals surface area contributed by atoms with Gasteiger partial charge in [0.1, 0.15) is 17.9 Å². The maximum absolute atomic E-state index is 12.0. The molecule has 0 spiro atoms. The van der Waals surface area contributed by atoms with E-state index in [1.165, 1.54) is 14.0 Å². The zero-order chi connectivity index (χ0) is 15.6. The van der Waals surface area contributed by atoms with Crippen LogP contribution in [0.1, 0.15) is 23.6 Å². The first-order valence-electron chi connectivity index (χ1n) is 6.62. The second-order valence-corrected chi connectivity index (χ2v) is 4.98. The summed E-state index contributed by atoms with van der Waals surface area (Å²) in [4.78, 5) is 23.0. The lowest BCUT2D eigenvalue weighted by molar-refractivity contribution is -0.118. The molecule has 21 heavy (non-hydrogen) atoms. The van der Waals surface area contributed by atoms with Crippen molar-refractivity contribution in [3.05, 3.63) is 39.2 Å². The fourth-order valence-electron chi connectivity index (χ4n) is 2.22. The molecule has 0 atom stereocenters. The van der Waals surface area contributed by atoms with Crippen molar-refractivity contribution < 1.29 is 18.7 Å². The van der Waals surface area contributed by atoms with Gasteiger partial charge < -0.3 is 13.9 Å². The Balaban J connectivity index is 2.58. The highest BCUT2D eigenvalue weighted by atomic mass is 16.5. The first-order chi connectivity index (χ1) is 9.95. The largest absolute Gasteiger partial charge is 0.485 e. The van der Waals surface area contributed by atoms with E-state index in [0.717, 1.165) is 10.9 Å². The van der Waals surface area contributed by atoms with Crippen LogP contribution in [0.4, 0.5) is 0 Å². The number of carbonyl (C=O) groups excluding carboxylic acids is 1. The van der Waals surface area contributed by atoms with Crippen LogP contribution in [0.2, 0.25) is 0 Å². The van der Waals surface area contributed by atoms with Gasteiger partial charge in [0.25, 0.3) is 0 Å². The zero-order valence-electron chi connectivity index (χ0n) is 12.6. The molecule has 0 unspecified atom stereocenters. The molecule has 1 heterocycles. The number of rotatable bonds is 5. The van der Waals surface area contributed by atoms with Crippen LogP contribution in [0.25, 0.3) is 11.0 Å². The smallest absolute Gasteiger partial charge is 0.342 e. The lowest BCUT2D eigenvalue weighted by Crippen LogP contribution is -2.12. The third-order valence-electron chi connectivity index (χ3n) is 3.37. The molecule has 5 heteroatoms. The topological polar surface area (TPSA) is 65.7 Å². The van der Waals surface area contributed by atoms with Crippen LogP contribution >= 0.6 is 0 Å². The number of benzene rings is 1. The second-order valence-electron chi connectivity index (χ2n) is 4.98. The van der Waals surface area contributed by atoms with Crippen LogP contribution in [0, 0.1) is 13.8 Å². The molecule has 0 amide bonds. The fourth-order valence-corrected chi connectivity index (χ4v) is 2.22. The van der Waals surface area contributed by atoms with E-state index < -0.39 is 5.63 Å². The molecule has 1 aromatic carbocycles. The molecule has 0 bridgehead atoms. The number of fused-ring (bicyclic) bond motifs is 1. The molecule has 0 saturated heterocycles. The molecular formula is C16H18O5. The predicted molar refractivity (Wildman–Crippen MR) is 78.8 cm³/mol. The van der Waals surface area contributed by atoms with Crippen molar-refractivity contribution in [1.29, 1.82) is 0 Å². The van der Waals surface area contributed by atoms with Crippen molar-refractivity contribution in [1.82, 2.24) is 0 Å². The van der Waals surface area contributed by atoms with Crippen LogP contribution in [-0.4, -0.2) is 19.5 Å². The van der Waals surface area contributed by atoms with E-state index in [4.69, 9.17) is 13.9 Å². The summed E-state index contributed by atoms with van der Waals surface area (Å²) in [6.45, 7) is 5.33. The Kier molecular flexibility index (Phi) is 4.43. The maximum atomic E-state index is 12.0. The van der Waals surface area contributed by atoms with Gasteiger partial charge in [0.15, 0.2) is 5.78 Å². The standard InChI is InChI=1S/C16H18O5/c1-9(17)7-20-14-6-5-12-10(2)13(8-19-4)16(18)21-15(12)11(14)3/h5-6H,7-8H2,1-4H3. The van der Waals surface area contributed by atoms with Crippen LogP contribution in [0.15, 0.2) is 21.3 Å². The number of carbonyl (C=O) groups is 1. The van der Waals surface area contributed by atoms with Crippen molar-refractivity contribution in [2.24, 2.45) is 0 Å². The lowest BCUT2D eigenvalue weighted by Gasteiger charge is -2.12. The second kappa shape index (κ2) is 6.10. The molecule has 0 N–H and O–H groups in total. The Hall–Kier alpha value is -2.14. The summed E-state index contributed by atoms with van der Waals surface area (Å²) < 4.78 is 15.9. The van der Waals surface area contributed by atoms with Crippen molar-refractivity contribution >= 4 is 16.8 Å². The quantitative estimate of drug-likeness (QED) is 0.792. The normalized spacial score (nSPS) is 10.9. The van der Waals surface area contributed by atoms with Crippen LogP contribution in [-0.2, 0) is 16.1 Å². The Bertz CT molecular complexity index is 742. The summed E-state index contributed by atoms with van der Waals surface area (Å²) in [7, 11) is 1.53. The van der Waals surface area contributed by atoms with E-state index in [2.05, 4.69) is 0 Å². The van der Waals surface area contributed by atoms with E-state index in [0.29, 0.717) is 22.5 Å². The van der Waals surface area contributed by atoms with Crippen molar-refractivity contribution in [3.8, 4) is 5.75 Å². The number of hydrogen-bond donors (Lipinski definition) is 0. The minimum atomic E-state index is -0.409. The minimum absolute atomic E-state index is 0.00266. The molecule has 5 nitrogen and oxygen atoms in total. The lowest BCUT2D eigenvalue weighted by atomic mass is 10.0. The molecule has 0 fully saturated rings. The number of hydrogen-bond acceptors (Lipinski definition) is 5. The van der Waals surface area contributed by atoms with Gasteiger partial charge in [-0.25, -0.2) is 4.79 Å². The highest BCUT2D eigenvalue weighted by Crippen LogP contribution is 2.29. The highest BCUT2D eigenvalue weighted by Gasteiger charge is 2.15. The first kappa shape index (κ1) is 15.3. The summed E-state index contributed by atoms with van der Waals surface area (Å²) in [6.07, 6.45) is 0. The van der Waals surface area contributed by atoms with Gasteiger partial charge in [-0.05, 0) is 38.5 Å². The average molecular weight is 290 g/mol. The first-order valence-corrected chi connectivity index (χ1v) is 6.62. The van der Waals surface area contributed by atoms with Crippen molar-refractivity contribution in [3.63, 3.8) is 0 Å². The highest BCUT2D eigenvalue weighted by molar-refractivity contribution is 5.85. The van der Waals surface area contributed by atoms with Crippen LogP contribution < -0.4 is 10.4 Å². The molecule has 0 radical (unpaired) electrons. The fraction of sp³-hybridized carbons (Fsp3) is 0.375. The molecule has 2 aromatic rings.